The summed E-state index contributed by atoms with van der Waals surface area (Å²) < 4.78 is 0. The third-order valence-corrected chi connectivity index (χ3v) is 8.59. The van der Waals surface area contributed by atoms with E-state index in [1.54, 1.807) is 0 Å². The van der Waals surface area contributed by atoms with Gasteiger partial charge in [0.2, 0.25) is 0 Å². The molecule has 0 spiro atoms. The third kappa shape index (κ3) is 2.23. The minimum absolute atomic E-state index is 0.962. The van der Waals surface area contributed by atoms with Crippen LogP contribution in [0.4, 0.5) is 17.2 Å². The zero-order chi connectivity index (χ0) is 22.7. The highest BCUT2D eigenvalue weighted by atomic mass is 15.2. The fourth-order valence-electron chi connectivity index (χ4n) is 7.16. The molecule has 0 saturated heterocycles. The lowest BCUT2D eigenvalue weighted by Crippen LogP contribution is -2.27. The molecule has 2 heteroatoms. The van der Waals surface area contributed by atoms with Gasteiger partial charge in [-0.05, 0) is 85.3 Å². The molecule has 0 atom stereocenters. The second kappa shape index (κ2) is 6.28. The van der Waals surface area contributed by atoms with Crippen LogP contribution in [0.1, 0.15) is 44.5 Å². The van der Waals surface area contributed by atoms with E-state index in [4.69, 9.17) is 4.98 Å². The van der Waals surface area contributed by atoms with Gasteiger partial charge in [0.25, 0.3) is 0 Å². The molecular formula is C33H22N2. The van der Waals surface area contributed by atoms with Gasteiger partial charge in [0.05, 0.1) is 11.4 Å². The summed E-state index contributed by atoms with van der Waals surface area (Å²) in [6.45, 7) is 0. The Hall–Kier alpha value is -4.17. The van der Waals surface area contributed by atoms with Crippen LogP contribution in [0.15, 0.2) is 85.1 Å². The summed E-state index contributed by atoms with van der Waals surface area (Å²) in [4.78, 5) is 7.52. The van der Waals surface area contributed by atoms with Crippen LogP contribution in [-0.4, -0.2) is 4.98 Å². The molecule has 2 nitrogen and oxygen atoms in total. The molecule has 1 aromatic heterocycles. The summed E-state index contributed by atoms with van der Waals surface area (Å²) in [5, 5.41) is 0. The molecular weight excluding hydrogens is 424 g/mol. The fourth-order valence-corrected chi connectivity index (χ4v) is 7.16. The molecule has 5 aromatic rings. The maximum absolute atomic E-state index is 4.98. The van der Waals surface area contributed by atoms with Crippen LogP contribution >= 0.6 is 0 Å². The van der Waals surface area contributed by atoms with Crippen LogP contribution < -0.4 is 4.90 Å². The van der Waals surface area contributed by atoms with Crippen molar-refractivity contribution >= 4 is 17.2 Å². The molecule has 0 N–H and O–H groups in total. The number of nitrogens with zero attached hydrogens (tertiary/aromatic N) is 2. The normalized spacial score (nSPS) is 14.9. The lowest BCUT2D eigenvalue weighted by atomic mass is 9.82. The molecule has 2 aliphatic carbocycles. The first-order valence-electron chi connectivity index (χ1n) is 12.6. The molecule has 35 heavy (non-hydrogen) atoms. The molecule has 2 aliphatic heterocycles. The summed E-state index contributed by atoms with van der Waals surface area (Å²) in [6.07, 6.45) is 5.93. The first-order valence-corrected chi connectivity index (χ1v) is 12.6. The van der Waals surface area contributed by atoms with Gasteiger partial charge in [0, 0.05) is 25.5 Å². The van der Waals surface area contributed by atoms with Gasteiger partial charge < -0.3 is 0 Å². The molecule has 0 radical (unpaired) electrons. The predicted molar refractivity (Wildman–Crippen MR) is 141 cm³/mol. The fraction of sp³-hybridized carbons (Fsp3) is 0.121. The van der Waals surface area contributed by atoms with E-state index in [1.165, 1.54) is 78.1 Å². The quantitative estimate of drug-likeness (QED) is 0.240. The largest absolute Gasteiger partial charge is 0.294 e. The van der Waals surface area contributed by atoms with Crippen molar-refractivity contribution in [2.75, 3.05) is 4.90 Å². The van der Waals surface area contributed by atoms with E-state index in [0.29, 0.717) is 0 Å². The van der Waals surface area contributed by atoms with Crippen molar-refractivity contribution < 1.29 is 0 Å². The molecule has 164 valence electrons. The smallest absolute Gasteiger partial charge is 0.141 e. The Kier molecular flexibility index (Phi) is 3.27. The second-order valence-corrected chi connectivity index (χ2v) is 10.3. The minimum Gasteiger partial charge on any atom is -0.294 e. The van der Waals surface area contributed by atoms with Crippen LogP contribution in [0.5, 0.6) is 0 Å². The van der Waals surface area contributed by atoms with Gasteiger partial charge >= 0.3 is 0 Å². The highest BCUT2D eigenvalue weighted by molar-refractivity contribution is 5.96. The van der Waals surface area contributed by atoms with Crippen molar-refractivity contribution in [3.8, 4) is 22.3 Å². The van der Waals surface area contributed by atoms with Crippen LogP contribution in [0, 0.1) is 0 Å². The number of pyridine rings is 1. The van der Waals surface area contributed by atoms with E-state index in [-0.39, 0.29) is 0 Å². The first-order chi connectivity index (χ1) is 17.3. The molecule has 4 aliphatic rings. The molecule has 0 amide bonds. The number of hydrogen-bond donors (Lipinski definition) is 0. The molecule has 3 heterocycles. The van der Waals surface area contributed by atoms with Crippen molar-refractivity contribution in [2.45, 2.75) is 25.7 Å². The average Bonchev–Trinajstić information content (AvgIpc) is 3.47. The van der Waals surface area contributed by atoms with E-state index < -0.39 is 0 Å². The maximum atomic E-state index is 4.98. The van der Waals surface area contributed by atoms with Crippen LogP contribution in [0.25, 0.3) is 22.3 Å². The number of benzene rings is 4. The molecule has 0 bridgehead atoms. The lowest BCUT2D eigenvalue weighted by Gasteiger charge is -2.40. The van der Waals surface area contributed by atoms with Crippen LogP contribution in [0.2, 0.25) is 0 Å². The standard InChI is InChI=1S/C33H22N2/c1-3-9-24-20(7-1)16-29-26(24)12-11-21-14-23-18-27-25-10-4-2-6-19(25)15-28(27)30-17-22-8-5-13-34-33(22)35(31(21)29)32(23)30/h1-13,18H,14-17H2. The van der Waals surface area contributed by atoms with Crippen molar-refractivity contribution in [3.05, 3.63) is 130 Å². The molecule has 0 saturated carbocycles. The summed E-state index contributed by atoms with van der Waals surface area (Å²) in [5.74, 6) is 1.11. The van der Waals surface area contributed by atoms with E-state index in [9.17, 15) is 0 Å². The van der Waals surface area contributed by atoms with E-state index >= 15 is 0 Å². The van der Waals surface area contributed by atoms with Gasteiger partial charge in [0.1, 0.15) is 5.82 Å². The number of fused-ring (bicyclic) bond motifs is 12. The predicted octanol–water partition coefficient (Wildman–Crippen LogP) is 7.50. The van der Waals surface area contributed by atoms with E-state index in [2.05, 4.69) is 83.8 Å². The van der Waals surface area contributed by atoms with Gasteiger partial charge in [-0.1, -0.05) is 66.7 Å². The van der Waals surface area contributed by atoms with Crippen molar-refractivity contribution in [3.63, 3.8) is 0 Å². The van der Waals surface area contributed by atoms with Gasteiger partial charge in [0.15, 0.2) is 0 Å². The Morgan fingerprint density at radius 2 is 1.17 bits per heavy atom. The highest BCUT2D eigenvalue weighted by Gasteiger charge is 2.38. The molecule has 0 unspecified atom stereocenters. The van der Waals surface area contributed by atoms with Gasteiger partial charge in [-0.15, -0.1) is 0 Å². The van der Waals surface area contributed by atoms with Crippen molar-refractivity contribution in [2.24, 2.45) is 0 Å². The Morgan fingerprint density at radius 3 is 2.03 bits per heavy atom. The third-order valence-electron chi connectivity index (χ3n) is 8.59. The van der Waals surface area contributed by atoms with Crippen LogP contribution in [-0.2, 0) is 25.7 Å². The highest BCUT2D eigenvalue weighted by Crippen LogP contribution is 2.56. The first kappa shape index (κ1) is 18.2. The number of hydrogen-bond acceptors (Lipinski definition) is 2. The van der Waals surface area contributed by atoms with Crippen molar-refractivity contribution in [1.29, 1.82) is 0 Å². The Labute approximate surface area is 204 Å². The van der Waals surface area contributed by atoms with E-state index in [0.717, 1.165) is 31.5 Å². The van der Waals surface area contributed by atoms with Crippen molar-refractivity contribution in [1.82, 2.24) is 4.98 Å². The number of anilines is 3. The second-order valence-electron chi connectivity index (χ2n) is 10.3. The van der Waals surface area contributed by atoms with Crippen LogP contribution in [0.3, 0.4) is 0 Å². The number of aromatic nitrogens is 1. The molecule has 9 rings (SSSR count). The zero-order valence-corrected chi connectivity index (χ0v) is 19.3. The number of rotatable bonds is 0. The minimum atomic E-state index is 0.962. The monoisotopic (exact) mass is 446 g/mol. The SMILES string of the molecule is c1ccc2c(c1)Cc1c-2cc2c3c1Cc1cccnc1N3c1c(ccc3c1Cc1ccccc1-3)C2. The summed E-state index contributed by atoms with van der Waals surface area (Å²) >= 11 is 0. The zero-order valence-electron chi connectivity index (χ0n) is 19.3. The molecule has 4 aromatic carbocycles. The summed E-state index contributed by atoms with van der Waals surface area (Å²) in [7, 11) is 0. The topological polar surface area (TPSA) is 16.1 Å². The Bertz CT molecular complexity index is 1760. The summed E-state index contributed by atoms with van der Waals surface area (Å²) in [6, 6.07) is 29.5. The van der Waals surface area contributed by atoms with Gasteiger partial charge in [-0.3, -0.25) is 4.90 Å². The lowest BCUT2D eigenvalue weighted by molar-refractivity contribution is 0.960. The Morgan fingerprint density at radius 1 is 0.486 bits per heavy atom. The average molecular weight is 447 g/mol. The van der Waals surface area contributed by atoms with Gasteiger partial charge in [-0.25, -0.2) is 4.98 Å². The van der Waals surface area contributed by atoms with E-state index in [1.807, 2.05) is 6.20 Å². The summed E-state index contributed by atoms with van der Waals surface area (Å²) in [5.41, 5.74) is 20.0. The molecule has 0 fully saturated rings. The Balaban J connectivity index is 1.36. The van der Waals surface area contributed by atoms with Gasteiger partial charge in [-0.2, -0.15) is 0 Å². The maximum Gasteiger partial charge on any atom is 0.141 e.